The van der Waals surface area contributed by atoms with E-state index in [2.05, 4.69) is 41.5 Å². The summed E-state index contributed by atoms with van der Waals surface area (Å²) in [5, 5.41) is 3.99. The maximum atomic E-state index is 5.74. The number of aromatic nitrogens is 8. The van der Waals surface area contributed by atoms with Gasteiger partial charge < -0.3 is 10.3 Å². The molecule has 0 amide bonds. The van der Waals surface area contributed by atoms with E-state index < -0.39 is 0 Å². The van der Waals surface area contributed by atoms with Gasteiger partial charge in [0, 0.05) is 18.9 Å². The van der Waals surface area contributed by atoms with E-state index in [9.17, 15) is 0 Å². The van der Waals surface area contributed by atoms with Crippen LogP contribution >= 0.6 is 0 Å². The highest BCUT2D eigenvalue weighted by Crippen LogP contribution is 2.08. The lowest BCUT2D eigenvalue weighted by molar-refractivity contribution is 0.640. The molecular weight excluding hydrogens is 270 g/mol. The van der Waals surface area contributed by atoms with Gasteiger partial charge in [0.15, 0.2) is 0 Å². The van der Waals surface area contributed by atoms with Gasteiger partial charge in [0.05, 0.1) is 6.42 Å². The van der Waals surface area contributed by atoms with Crippen molar-refractivity contribution in [2.75, 3.05) is 5.73 Å². The zero-order valence-corrected chi connectivity index (χ0v) is 11.6. The topological polar surface area (TPSA) is 113 Å². The summed E-state index contributed by atoms with van der Waals surface area (Å²) < 4.78 is 3.52. The van der Waals surface area contributed by atoms with Crippen LogP contribution in [0.25, 0.3) is 5.95 Å². The van der Waals surface area contributed by atoms with Crippen LogP contribution in [0.3, 0.4) is 0 Å². The fraction of sp³-hybridized carbons (Fsp3) is 0.333. The number of hydrogen-bond donors (Lipinski definition) is 1. The Kier molecular flexibility index (Phi) is 3.54. The third-order valence-electron chi connectivity index (χ3n) is 2.89. The fourth-order valence-corrected chi connectivity index (χ4v) is 2.01. The van der Waals surface area contributed by atoms with Gasteiger partial charge in [0.2, 0.25) is 5.95 Å². The Morgan fingerprint density at radius 1 is 1.24 bits per heavy atom. The van der Waals surface area contributed by atoms with Gasteiger partial charge in [-0.15, -0.1) is 0 Å². The number of nitrogens with zero attached hydrogens (tertiary/aromatic N) is 8. The average Bonchev–Trinajstić information content (AvgIpc) is 3.11. The second-order valence-corrected chi connectivity index (χ2v) is 4.46. The highest BCUT2D eigenvalue weighted by molar-refractivity contribution is 5.23. The molecule has 0 unspecified atom stereocenters. The van der Waals surface area contributed by atoms with Gasteiger partial charge in [-0.3, -0.25) is 0 Å². The number of nitrogens with two attached hydrogens (primary N) is 1. The summed E-state index contributed by atoms with van der Waals surface area (Å²) in [7, 11) is 0. The number of rotatable bonds is 5. The standard InChI is InChI=1S/C12H15N9/c1-2-4-20-5-3-15-10(20)6-9-17-11(13)19-12(18-9)21-8-14-7-16-21/h3,5,7-8H,2,4,6H2,1H3,(H2,13,17,18,19). The summed E-state index contributed by atoms with van der Waals surface area (Å²) in [5.74, 6) is 1.95. The first-order chi connectivity index (χ1) is 10.3. The zero-order valence-electron chi connectivity index (χ0n) is 11.6. The average molecular weight is 285 g/mol. The monoisotopic (exact) mass is 285 g/mol. The Bertz CT molecular complexity index is 716. The Balaban J connectivity index is 1.90. The van der Waals surface area contributed by atoms with Crippen molar-refractivity contribution in [1.82, 2.24) is 39.3 Å². The quantitative estimate of drug-likeness (QED) is 0.713. The lowest BCUT2D eigenvalue weighted by Crippen LogP contribution is -2.12. The maximum Gasteiger partial charge on any atom is 0.257 e. The van der Waals surface area contributed by atoms with Crippen molar-refractivity contribution in [2.24, 2.45) is 0 Å². The molecule has 9 heteroatoms. The Hall–Kier alpha value is -2.84. The zero-order chi connectivity index (χ0) is 14.7. The molecule has 3 heterocycles. The van der Waals surface area contributed by atoms with Gasteiger partial charge in [-0.2, -0.15) is 24.7 Å². The van der Waals surface area contributed by atoms with Crippen molar-refractivity contribution in [1.29, 1.82) is 0 Å². The van der Waals surface area contributed by atoms with E-state index in [1.54, 1.807) is 6.20 Å². The third-order valence-corrected chi connectivity index (χ3v) is 2.89. The molecule has 9 nitrogen and oxygen atoms in total. The van der Waals surface area contributed by atoms with Crippen LogP contribution in [-0.4, -0.2) is 39.3 Å². The van der Waals surface area contributed by atoms with Gasteiger partial charge in [-0.05, 0) is 6.42 Å². The molecule has 0 atom stereocenters. The summed E-state index contributed by atoms with van der Waals surface area (Å²) >= 11 is 0. The van der Waals surface area contributed by atoms with Crippen LogP contribution in [0.15, 0.2) is 25.0 Å². The van der Waals surface area contributed by atoms with E-state index in [-0.39, 0.29) is 5.95 Å². The molecule has 3 aromatic rings. The molecule has 0 spiro atoms. The normalized spacial score (nSPS) is 10.9. The van der Waals surface area contributed by atoms with E-state index in [0.29, 0.717) is 18.2 Å². The van der Waals surface area contributed by atoms with Crippen molar-refractivity contribution >= 4 is 5.95 Å². The van der Waals surface area contributed by atoms with Gasteiger partial charge in [0.25, 0.3) is 5.95 Å². The molecule has 21 heavy (non-hydrogen) atoms. The minimum atomic E-state index is 0.152. The number of hydrogen-bond acceptors (Lipinski definition) is 7. The van der Waals surface area contributed by atoms with E-state index in [4.69, 9.17) is 5.73 Å². The number of imidazole rings is 1. The van der Waals surface area contributed by atoms with Gasteiger partial charge in [-0.25, -0.2) is 9.97 Å². The van der Waals surface area contributed by atoms with Crippen LogP contribution in [0.2, 0.25) is 0 Å². The molecule has 0 radical (unpaired) electrons. The number of anilines is 1. The summed E-state index contributed by atoms with van der Waals surface area (Å²) in [6, 6.07) is 0. The van der Waals surface area contributed by atoms with E-state index >= 15 is 0 Å². The van der Waals surface area contributed by atoms with Crippen molar-refractivity contribution in [2.45, 2.75) is 26.3 Å². The smallest absolute Gasteiger partial charge is 0.257 e. The predicted molar refractivity (Wildman–Crippen MR) is 74.5 cm³/mol. The van der Waals surface area contributed by atoms with E-state index in [1.165, 1.54) is 17.3 Å². The second kappa shape index (κ2) is 5.65. The van der Waals surface area contributed by atoms with Crippen LogP contribution in [0.5, 0.6) is 0 Å². The molecule has 0 saturated heterocycles. The minimum absolute atomic E-state index is 0.152. The summed E-state index contributed by atoms with van der Waals surface area (Å²) in [4.78, 5) is 20.8. The van der Waals surface area contributed by atoms with Crippen LogP contribution < -0.4 is 5.73 Å². The molecule has 0 saturated carbocycles. The molecule has 0 aliphatic heterocycles. The van der Waals surface area contributed by atoms with E-state index in [1.807, 2.05) is 6.20 Å². The van der Waals surface area contributed by atoms with Crippen LogP contribution in [0.1, 0.15) is 25.0 Å². The first kappa shape index (κ1) is 13.2. The molecule has 2 N–H and O–H groups in total. The highest BCUT2D eigenvalue weighted by atomic mass is 15.4. The Morgan fingerprint density at radius 3 is 2.90 bits per heavy atom. The molecule has 0 bridgehead atoms. The molecule has 0 aliphatic carbocycles. The van der Waals surface area contributed by atoms with Crippen molar-refractivity contribution < 1.29 is 0 Å². The molecular formula is C12H15N9. The minimum Gasteiger partial charge on any atom is -0.368 e. The molecule has 3 rings (SSSR count). The number of nitrogen functional groups attached to an aromatic ring is 1. The van der Waals surface area contributed by atoms with Crippen molar-refractivity contribution in [3.8, 4) is 5.95 Å². The van der Waals surface area contributed by atoms with Crippen LogP contribution in [0.4, 0.5) is 5.95 Å². The molecule has 0 aromatic carbocycles. The van der Waals surface area contributed by atoms with Crippen molar-refractivity contribution in [3.63, 3.8) is 0 Å². The fourth-order valence-electron chi connectivity index (χ4n) is 2.01. The maximum absolute atomic E-state index is 5.74. The van der Waals surface area contributed by atoms with Gasteiger partial charge >= 0.3 is 0 Å². The molecule has 0 fully saturated rings. The Morgan fingerprint density at radius 2 is 2.14 bits per heavy atom. The summed E-state index contributed by atoms with van der Waals surface area (Å²) in [6.07, 6.45) is 8.16. The lowest BCUT2D eigenvalue weighted by Gasteiger charge is -2.07. The summed E-state index contributed by atoms with van der Waals surface area (Å²) in [5.41, 5.74) is 5.74. The first-order valence-electron chi connectivity index (χ1n) is 6.61. The molecule has 3 aromatic heterocycles. The van der Waals surface area contributed by atoms with Crippen LogP contribution in [0, 0.1) is 0 Å². The van der Waals surface area contributed by atoms with E-state index in [0.717, 1.165) is 18.8 Å². The number of aryl methyl sites for hydroxylation is 1. The van der Waals surface area contributed by atoms with Crippen LogP contribution in [-0.2, 0) is 13.0 Å². The summed E-state index contributed by atoms with van der Waals surface area (Å²) in [6.45, 7) is 3.03. The second-order valence-electron chi connectivity index (χ2n) is 4.46. The predicted octanol–water partition coefficient (Wildman–Crippen LogP) is 0.232. The third kappa shape index (κ3) is 2.86. The molecule has 108 valence electrons. The lowest BCUT2D eigenvalue weighted by atomic mass is 10.3. The largest absolute Gasteiger partial charge is 0.368 e. The molecule has 0 aliphatic rings. The Labute approximate surface area is 120 Å². The van der Waals surface area contributed by atoms with Gasteiger partial charge in [0.1, 0.15) is 24.3 Å². The first-order valence-corrected chi connectivity index (χ1v) is 6.61. The highest BCUT2D eigenvalue weighted by Gasteiger charge is 2.10. The SMILES string of the molecule is CCCn1ccnc1Cc1nc(N)nc(-n2cncn2)n1. The van der Waals surface area contributed by atoms with Gasteiger partial charge in [-0.1, -0.05) is 6.92 Å². The van der Waals surface area contributed by atoms with Crippen molar-refractivity contribution in [3.05, 3.63) is 36.7 Å².